The van der Waals surface area contributed by atoms with E-state index in [0.717, 1.165) is 12.2 Å². The zero-order valence-corrected chi connectivity index (χ0v) is 9.09. The molecule has 4 heteroatoms. The van der Waals surface area contributed by atoms with E-state index in [2.05, 4.69) is 0 Å². The van der Waals surface area contributed by atoms with Crippen molar-refractivity contribution in [3.05, 3.63) is 29.6 Å². The molecule has 0 fully saturated rings. The quantitative estimate of drug-likeness (QED) is 0.739. The summed E-state index contributed by atoms with van der Waals surface area (Å²) in [7, 11) is 0. The summed E-state index contributed by atoms with van der Waals surface area (Å²) in [4.78, 5) is 11.7. The van der Waals surface area contributed by atoms with Gasteiger partial charge in [-0.3, -0.25) is 0 Å². The number of Topliss-reactive ketones (excluding diaryl/α,β-unsaturated/α-hetero) is 1. The van der Waals surface area contributed by atoms with Gasteiger partial charge in [0.15, 0.2) is 0 Å². The normalized spacial score (nSPS) is 12.1. The minimum absolute atomic E-state index is 0.0413. The number of carbonyl (C=O) groups excluding carboxylic acids is 1. The molecule has 1 rings (SSSR count). The Balaban J connectivity index is 2.57. The topological polar surface area (TPSA) is 43.1 Å². The summed E-state index contributed by atoms with van der Waals surface area (Å²) in [6, 6.07) is 5.20. The predicted octanol–water partition coefficient (Wildman–Crippen LogP) is 1.29. The molecule has 0 aliphatic rings. The first-order valence-corrected chi connectivity index (χ1v) is 5.99. The fourth-order valence-electron chi connectivity index (χ4n) is 1.19. The summed E-state index contributed by atoms with van der Waals surface area (Å²) in [5.41, 5.74) is 6.48. The molecule has 0 spiro atoms. The van der Waals surface area contributed by atoms with E-state index in [4.69, 9.17) is 5.73 Å². The Morgan fingerprint density at radius 2 is 2.43 bits per heavy atom. The maximum absolute atomic E-state index is 11.7. The molecular weight excluding hydrogens is 193 g/mol. The Labute approximate surface area is 89.5 Å². The molecule has 2 N–H and O–H groups in total. The van der Waals surface area contributed by atoms with Crippen molar-refractivity contribution in [1.29, 1.82) is 0 Å². The van der Waals surface area contributed by atoms with Crippen LogP contribution < -0.4 is 5.73 Å². The van der Waals surface area contributed by atoms with Gasteiger partial charge in [0.25, 0.3) is 0 Å². The van der Waals surface area contributed by atoms with Crippen molar-refractivity contribution in [3.63, 3.8) is 0 Å². The molecule has 0 saturated carbocycles. The van der Waals surface area contributed by atoms with E-state index in [9.17, 15) is 4.79 Å². The Morgan fingerprint density at radius 3 is 3.00 bits per heavy atom. The fraction of sp³-hybridized carbons (Fsp3) is 0.400. The third-order valence-corrected chi connectivity index (χ3v) is 2.67. The third kappa shape index (κ3) is 3.27. The molecule has 74 valence electrons. The van der Waals surface area contributed by atoms with Gasteiger partial charge in [0.2, 0.25) is 0 Å². The van der Waals surface area contributed by atoms with Crippen molar-refractivity contribution in [3.8, 4) is 0 Å². The monoisotopic (exact) mass is 207 g/mol. The van der Waals surface area contributed by atoms with Gasteiger partial charge in [0.1, 0.15) is 0 Å². The number of nitrogens with two attached hydrogens (primary N) is 1. The first-order valence-electron chi connectivity index (χ1n) is 4.59. The van der Waals surface area contributed by atoms with Gasteiger partial charge in [-0.15, -0.1) is 0 Å². The maximum atomic E-state index is 11.7. The average molecular weight is 207 g/mol. The van der Waals surface area contributed by atoms with Crippen LogP contribution in [0.5, 0.6) is 0 Å². The van der Waals surface area contributed by atoms with Gasteiger partial charge in [-0.25, -0.2) is 0 Å². The van der Waals surface area contributed by atoms with Crippen molar-refractivity contribution in [1.82, 2.24) is 0 Å². The second-order valence-electron chi connectivity index (χ2n) is 3.12. The van der Waals surface area contributed by atoms with Crippen molar-refractivity contribution in [2.45, 2.75) is 12.5 Å². The number of hydrogen-bond donors (Lipinski definition) is 1. The zero-order valence-electron chi connectivity index (χ0n) is 8.27. The van der Waals surface area contributed by atoms with Crippen LogP contribution in [0.25, 0.3) is 0 Å². The van der Waals surface area contributed by atoms with Gasteiger partial charge in [0, 0.05) is 0 Å². The van der Waals surface area contributed by atoms with Crippen LogP contribution in [0, 0.1) is 0 Å². The summed E-state index contributed by atoms with van der Waals surface area (Å²) in [6.07, 6.45) is 2.76. The van der Waals surface area contributed by atoms with E-state index in [1.807, 2.05) is 24.4 Å². The standard InChI is InChI=1S/C10H14BNOS/c1-14-7-5-9(12)10(13)8-4-2-3-6-11-8/h2-4,6,9H,5,7,12H2,1H3. The number of carbonyl (C=O) groups is 1. The molecular formula is C10H14BNOS. The number of hydrogen-bond acceptors (Lipinski definition) is 3. The Bertz CT molecular complexity index is 291. The van der Waals surface area contributed by atoms with Crippen LogP contribution in [0.3, 0.4) is 0 Å². The van der Waals surface area contributed by atoms with E-state index >= 15 is 0 Å². The number of rotatable bonds is 5. The molecule has 0 bridgehead atoms. The van der Waals surface area contributed by atoms with Crippen molar-refractivity contribution >= 4 is 24.5 Å². The fourth-order valence-corrected chi connectivity index (χ4v) is 1.68. The average Bonchev–Trinajstić information content (AvgIpc) is 2.26. The van der Waals surface area contributed by atoms with Gasteiger partial charge >= 0.3 is 89.1 Å². The number of thioether (sulfide) groups is 1. The first-order chi connectivity index (χ1) is 6.75. The van der Waals surface area contributed by atoms with Gasteiger partial charge in [-0.2, -0.15) is 0 Å². The molecule has 1 unspecified atom stereocenters. The van der Waals surface area contributed by atoms with E-state index in [1.165, 1.54) is 0 Å². The summed E-state index contributed by atoms with van der Waals surface area (Å²) in [6.45, 7) is 1.81. The SMILES string of the molecule is CSCCC(N)C(=O)c1bcccc1. The van der Waals surface area contributed by atoms with Crippen molar-refractivity contribution in [2.24, 2.45) is 5.73 Å². The minimum atomic E-state index is -0.357. The first kappa shape index (κ1) is 11.5. The van der Waals surface area contributed by atoms with Crippen LogP contribution in [0.1, 0.15) is 16.7 Å². The second-order valence-corrected chi connectivity index (χ2v) is 4.10. The van der Waals surface area contributed by atoms with Gasteiger partial charge in [-0.05, 0) is 0 Å². The molecule has 1 aromatic heterocycles. The zero-order chi connectivity index (χ0) is 10.4. The van der Waals surface area contributed by atoms with Crippen molar-refractivity contribution in [2.75, 3.05) is 12.0 Å². The van der Waals surface area contributed by atoms with Crippen LogP contribution >= 0.6 is 11.8 Å². The molecule has 0 radical (unpaired) electrons. The molecule has 0 aromatic carbocycles. The molecule has 2 nitrogen and oxygen atoms in total. The summed E-state index contributed by atoms with van der Waals surface area (Å²) < 4.78 is 0. The molecule has 0 saturated heterocycles. The molecule has 0 amide bonds. The van der Waals surface area contributed by atoms with Crippen LogP contribution in [0.2, 0.25) is 0 Å². The third-order valence-electron chi connectivity index (χ3n) is 2.03. The van der Waals surface area contributed by atoms with E-state index in [-0.39, 0.29) is 11.8 Å². The van der Waals surface area contributed by atoms with Crippen LogP contribution in [0.15, 0.2) is 24.2 Å². The van der Waals surface area contributed by atoms with E-state index in [1.54, 1.807) is 24.7 Å². The molecule has 1 atom stereocenters. The Hall–Kier alpha value is -0.605. The summed E-state index contributed by atoms with van der Waals surface area (Å²) >= 11 is 1.71. The molecule has 1 aromatic rings. The predicted molar refractivity (Wildman–Crippen MR) is 63.1 cm³/mol. The summed E-state index contributed by atoms with van der Waals surface area (Å²) in [5.74, 6) is 2.83. The van der Waals surface area contributed by atoms with Gasteiger partial charge < -0.3 is 0 Å². The molecule has 0 aliphatic carbocycles. The Morgan fingerprint density at radius 1 is 1.64 bits per heavy atom. The summed E-state index contributed by atoms with van der Waals surface area (Å²) in [5, 5.41) is 0. The van der Waals surface area contributed by atoms with Gasteiger partial charge in [0.05, 0.1) is 0 Å². The van der Waals surface area contributed by atoms with E-state index in [0.29, 0.717) is 5.46 Å². The molecule has 14 heavy (non-hydrogen) atoms. The molecule has 1 heterocycles. The van der Waals surface area contributed by atoms with Crippen molar-refractivity contribution < 1.29 is 4.79 Å². The number of ketones is 1. The van der Waals surface area contributed by atoms with Gasteiger partial charge in [-0.1, -0.05) is 0 Å². The van der Waals surface area contributed by atoms with Crippen LogP contribution in [0.4, 0.5) is 0 Å². The van der Waals surface area contributed by atoms with Crippen LogP contribution in [-0.2, 0) is 0 Å². The van der Waals surface area contributed by atoms with Crippen LogP contribution in [-0.4, -0.2) is 30.7 Å². The second kappa shape index (κ2) is 5.99. The molecule has 0 aliphatic heterocycles. The Kier molecular flexibility index (Phi) is 4.91. The van der Waals surface area contributed by atoms with E-state index < -0.39 is 0 Å².